The largest absolute Gasteiger partial charge is 0.497 e. The number of carbonyl (C=O) groups excluding carboxylic acids is 1. The predicted octanol–water partition coefficient (Wildman–Crippen LogP) is 2.20. The Morgan fingerprint density at radius 2 is 2.21 bits per heavy atom. The normalized spacial score (nSPS) is 33.6. The fraction of sp³-hybridized carbons (Fsp3) is 0.500. The van der Waals surface area contributed by atoms with E-state index in [1.54, 1.807) is 7.11 Å². The first-order chi connectivity index (χ1) is 13.5. The zero-order chi connectivity index (χ0) is 19.7. The lowest BCUT2D eigenvalue weighted by Gasteiger charge is -2.55. The Morgan fingerprint density at radius 3 is 2.93 bits per heavy atom. The Balaban J connectivity index is 1.82. The lowest BCUT2D eigenvalue weighted by Crippen LogP contribution is -2.62. The van der Waals surface area contributed by atoms with Crippen molar-refractivity contribution in [2.75, 3.05) is 32.6 Å². The number of benzene rings is 1. The van der Waals surface area contributed by atoms with Crippen LogP contribution in [0.1, 0.15) is 25.3 Å². The van der Waals surface area contributed by atoms with Crippen LogP contribution in [0.3, 0.4) is 0 Å². The van der Waals surface area contributed by atoms with Gasteiger partial charge in [0.1, 0.15) is 5.75 Å². The quantitative estimate of drug-likeness (QED) is 0.617. The fourth-order valence-corrected chi connectivity index (χ4v) is 6.17. The van der Waals surface area contributed by atoms with Gasteiger partial charge in [0.05, 0.1) is 31.3 Å². The first-order valence-corrected chi connectivity index (χ1v) is 9.85. The van der Waals surface area contributed by atoms with Crippen molar-refractivity contribution in [2.45, 2.75) is 37.3 Å². The lowest BCUT2D eigenvalue weighted by molar-refractivity contribution is -0.137. The third-order valence-corrected chi connectivity index (χ3v) is 7.31. The van der Waals surface area contributed by atoms with Gasteiger partial charge >= 0.3 is 5.97 Å². The molecule has 1 aromatic carbocycles. The van der Waals surface area contributed by atoms with E-state index in [-0.39, 0.29) is 17.4 Å². The molecule has 0 radical (unpaired) electrons. The van der Waals surface area contributed by atoms with Gasteiger partial charge in [0.2, 0.25) is 0 Å². The van der Waals surface area contributed by atoms with Gasteiger partial charge in [0.25, 0.3) is 0 Å². The molecule has 5 rings (SSSR count). The van der Waals surface area contributed by atoms with E-state index in [2.05, 4.69) is 28.4 Å². The minimum absolute atomic E-state index is 0.0931. The minimum Gasteiger partial charge on any atom is -0.497 e. The van der Waals surface area contributed by atoms with Crippen LogP contribution in [-0.2, 0) is 14.9 Å². The van der Waals surface area contributed by atoms with E-state index in [0.717, 1.165) is 36.6 Å². The monoisotopic (exact) mass is 382 g/mol. The molecule has 1 unspecified atom stereocenters. The number of methoxy groups -OCH3 is 2. The van der Waals surface area contributed by atoms with Gasteiger partial charge in [-0.3, -0.25) is 4.90 Å². The number of hydrogen-bond acceptors (Lipinski definition) is 6. The van der Waals surface area contributed by atoms with Gasteiger partial charge < -0.3 is 19.9 Å². The second kappa shape index (κ2) is 5.84. The molecule has 1 saturated heterocycles. The number of anilines is 1. The highest BCUT2D eigenvalue weighted by molar-refractivity contribution is 5.93. The molecule has 0 amide bonds. The number of fused-ring (bicyclic) bond motifs is 1. The highest BCUT2D eigenvalue weighted by Crippen LogP contribution is 2.64. The van der Waals surface area contributed by atoms with Crippen molar-refractivity contribution in [3.63, 3.8) is 0 Å². The van der Waals surface area contributed by atoms with Crippen LogP contribution in [0, 0.1) is 5.41 Å². The summed E-state index contributed by atoms with van der Waals surface area (Å²) in [6, 6.07) is 6.19. The standard InChI is InChI=1S/C22H26N2O4/c1-13(25)21-7-4-9-24-10-8-22(20(21)24)16-6-5-14(27-2)11-17(16)23-18(22)15(12-21)19(26)28-3/h4-7,11,13,20,23,25H,8-10,12H2,1-3H3/t13?,20-,21-,22-/m0/s1. The third kappa shape index (κ3) is 1.97. The summed E-state index contributed by atoms with van der Waals surface area (Å²) in [5.41, 5.74) is 2.87. The highest BCUT2D eigenvalue weighted by atomic mass is 16.5. The number of nitrogens with zero attached hydrogens (tertiary/aromatic N) is 1. The minimum atomic E-state index is -0.588. The Kier molecular flexibility index (Phi) is 3.71. The first-order valence-electron chi connectivity index (χ1n) is 9.85. The van der Waals surface area contributed by atoms with Crippen LogP contribution in [0.4, 0.5) is 5.69 Å². The van der Waals surface area contributed by atoms with Gasteiger partial charge in [-0.15, -0.1) is 0 Å². The predicted molar refractivity (Wildman–Crippen MR) is 105 cm³/mol. The van der Waals surface area contributed by atoms with Crippen LogP contribution in [0.15, 0.2) is 41.6 Å². The molecule has 4 aliphatic rings. The Bertz CT molecular complexity index is 921. The van der Waals surface area contributed by atoms with Crippen LogP contribution in [0.25, 0.3) is 0 Å². The van der Waals surface area contributed by atoms with Crippen LogP contribution in [0.5, 0.6) is 5.75 Å². The second-order valence-electron chi connectivity index (χ2n) is 8.37. The summed E-state index contributed by atoms with van der Waals surface area (Å²) in [6.07, 6.45) is 5.06. The van der Waals surface area contributed by atoms with Crippen LogP contribution in [-0.4, -0.2) is 55.4 Å². The highest BCUT2D eigenvalue weighted by Gasteiger charge is 2.67. The molecule has 3 heterocycles. The second-order valence-corrected chi connectivity index (χ2v) is 8.37. The van der Waals surface area contributed by atoms with Gasteiger partial charge in [-0.1, -0.05) is 18.2 Å². The van der Waals surface area contributed by atoms with Gasteiger partial charge in [0, 0.05) is 42.0 Å². The topological polar surface area (TPSA) is 71.0 Å². The van der Waals surface area contributed by atoms with E-state index in [4.69, 9.17) is 9.47 Å². The molecule has 0 aromatic heterocycles. The Hall–Kier alpha value is -2.31. The number of nitrogens with one attached hydrogen (secondary N) is 1. The molecule has 2 N–H and O–H groups in total. The maximum atomic E-state index is 12.8. The SMILES string of the molecule is COC(=O)C1=C2Nc3cc(OC)ccc3[C@@]23CCN2CC=C[C@@](C(C)O)(C1)[C@H]23. The maximum absolute atomic E-state index is 12.8. The molecule has 28 heavy (non-hydrogen) atoms. The Morgan fingerprint density at radius 1 is 1.39 bits per heavy atom. The molecule has 1 fully saturated rings. The number of rotatable bonds is 3. The smallest absolute Gasteiger partial charge is 0.335 e. The summed E-state index contributed by atoms with van der Waals surface area (Å²) in [5, 5.41) is 14.5. The van der Waals surface area contributed by atoms with Crippen LogP contribution in [0.2, 0.25) is 0 Å². The average molecular weight is 382 g/mol. The first kappa shape index (κ1) is 17.8. The Labute approximate surface area is 164 Å². The number of aliphatic hydroxyl groups is 1. The molecule has 1 aromatic rings. The molecule has 6 heteroatoms. The molecule has 3 aliphatic heterocycles. The number of ether oxygens (including phenoxy) is 2. The molecule has 0 saturated carbocycles. The zero-order valence-corrected chi connectivity index (χ0v) is 16.5. The summed E-state index contributed by atoms with van der Waals surface area (Å²) in [4.78, 5) is 15.3. The molecule has 1 spiro atoms. The van der Waals surface area contributed by atoms with Crippen LogP contribution < -0.4 is 10.1 Å². The average Bonchev–Trinajstić information content (AvgIpc) is 3.26. The van der Waals surface area contributed by atoms with Crippen LogP contribution >= 0.6 is 0 Å². The summed E-state index contributed by atoms with van der Waals surface area (Å²) >= 11 is 0. The fourth-order valence-electron chi connectivity index (χ4n) is 6.17. The number of aliphatic hydroxyl groups excluding tert-OH is 1. The van der Waals surface area contributed by atoms with E-state index in [1.807, 2.05) is 19.1 Å². The molecule has 148 valence electrons. The summed E-state index contributed by atoms with van der Waals surface area (Å²) < 4.78 is 10.6. The number of esters is 1. The third-order valence-electron chi connectivity index (χ3n) is 7.31. The van der Waals surface area contributed by atoms with E-state index >= 15 is 0 Å². The molecule has 1 aliphatic carbocycles. The zero-order valence-electron chi connectivity index (χ0n) is 16.5. The number of carbonyl (C=O) groups is 1. The van der Waals surface area contributed by atoms with E-state index in [1.165, 1.54) is 12.7 Å². The van der Waals surface area contributed by atoms with Crippen molar-refractivity contribution in [1.82, 2.24) is 4.90 Å². The van der Waals surface area contributed by atoms with Crippen molar-refractivity contribution in [2.24, 2.45) is 5.41 Å². The van der Waals surface area contributed by atoms with Crippen molar-refractivity contribution >= 4 is 11.7 Å². The van der Waals surface area contributed by atoms with E-state index in [0.29, 0.717) is 12.0 Å². The van der Waals surface area contributed by atoms with Crippen molar-refractivity contribution in [3.05, 3.63) is 47.2 Å². The van der Waals surface area contributed by atoms with Crippen molar-refractivity contribution in [1.29, 1.82) is 0 Å². The maximum Gasteiger partial charge on any atom is 0.335 e. The van der Waals surface area contributed by atoms with E-state index < -0.39 is 11.5 Å². The van der Waals surface area contributed by atoms with Gasteiger partial charge in [0.15, 0.2) is 0 Å². The molecular weight excluding hydrogens is 356 g/mol. The van der Waals surface area contributed by atoms with Gasteiger partial charge in [-0.25, -0.2) is 4.79 Å². The van der Waals surface area contributed by atoms with Gasteiger partial charge in [-0.05, 0) is 31.4 Å². The summed E-state index contributed by atoms with van der Waals surface area (Å²) in [6.45, 7) is 3.64. The summed E-state index contributed by atoms with van der Waals surface area (Å²) in [7, 11) is 3.08. The van der Waals surface area contributed by atoms with Gasteiger partial charge in [-0.2, -0.15) is 0 Å². The van der Waals surface area contributed by atoms with Crippen molar-refractivity contribution in [3.8, 4) is 5.75 Å². The van der Waals surface area contributed by atoms with Crippen molar-refractivity contribution < 1.29 is 19.4 Å². The molecule has 0 bridgehead atoms. The van der Waals surface area contributed by atoms with E-state index in [9.17, 15) is 9.90 Å². The number of hydrogen-bond donors (Lipinski definition) is 2. The molecule has 4 atom stereocenters. The lowest BCUT2D eigenvalue weighted by atomic mass is 9.54. The molecule has 6 nitrogen and oxygen atoms in total. The molecular formula is C22H26N2O4. The summed E-state index contributed by atoms with van der Waals surface area (Å²) in [5.74, 6) is 0.458.